The van der Waals surface area contributed by atoms with Gasteiger partial charge >= 0.3 is 6.03 Å². The zero-order valence-corrected chi connectivity index (χ0v) is 21.7. The number of nitrogens with zero attached hydrogens (tertiary/aromatic N) is 1. The normalized spacial score (nSPS) is 13.1. The van der Waals surface area contributed by atoms with E-state index in [4.69, 9.17) is 0 Å². The second-order valence-electron chi connectivity index (χ2n) is 9.96. The van der Waals surface area contributed by atoms with Gasteiger partial charge < -0.3 is 20.9 Å². The average Bonchev–Trinajstić information content (AvgIpc) is 3.36. The van der Waals surface area contributed by atoms with E-state index in [2.05, 4.69) is 65.0 Å². The molecule has 0 saturated carbocycles. The van der Waals surface area contributed by atoms with Crippen molar-refractivity contribution in [1.29, 1.82) is 0 Å². The van der Waals surface area contributed by atoms with Crippen LogP contribution in [0.5, 0.6) is 0 Å². The van der Waals surface area contributed by atoms with Gasteiger partial charge in [-0.25, -0.2) is 4.79 Å². The summed E-state index contributed by atoms with van der Waals surface area (Å²) >= 11 is 0. The fourth-order valence-corrected chi connectivity index (χ4v) is 4.65. The van der Waals surface area contributed by atoms with E-state index in [-0.39, 0.29) is 11.9 Å². The molecule has 4 rings (SSSR count). The molecule has 1 saturated heterocycles. The van der Waals surface area contributed by atoms with Crippen LogP contribution in [0.2, 0.25) is 0 Å². The quantitative estimate of drug-likeness (QED) is 0.354. The summed E-state index contributed by atoms with van der Waals surface area (Å²) in [5.41, 5.74) is 7.31. The molecule has 3 aromatic carbocycles. The second kappa shape index (κ2) is 11.3. The summed E-state index contributed by atoms with van der Waals surface area (Å²) in [5, 5.41) is 8.92. The van der Waals surface area contributed by atoms with E-state index in [1.165, 1.54) is 5.56 Å². The highest BCUT2D eigenvalue weighted by Crippen LogP contribution is 2.30. The average molecular weight is 485 g/mol. The minimum atomic E-state index is -0.330. The van der Waals surface area contributed by atoms with E-state index < -0.39 is 0 Å². The number of rotatable bonds is 7. The number of carbonyl (C=O) groups excluding carboxylic acids is 2. The van der Waals surface area contributed by atoms with Gasteiger partial charge in [0, 0.05) is 30.9 Å². The number of aryl methyl sites for hydroxylation is 2. The monoisotopic (exact) mass is 484 g/mol. The van der Waals surface area contributed by atoms with Crippen LogP contribution in [0, 0.1) is 13.8 Å². The van der Waals surface area contributed by atoms with E-state index in [0.717, 1.165) is 54.0 Å². The van der Waals surface area contributed by atoms with Gasteiger partial charge in [-0.3, -0.25) is 4.79 Å². The van der Waals surface area contributed by atoms with Gasteiger partial charge in [-0.05, 0) is 85.2 Å². The van der Waals surface area contributed by atoms with E-state index in [1.807, 2.05) is 38.1 Å². The third-order valence-electron chi connectivity index (χ3n) is 6.53. The molecule has 3 N–H and O–H groups in total. The lowest BCUT2D eigenvalue weighted by Gasteiger charge is -2.22. The zero-order valence-electron chi connectivity index (χ0n) is 21.7. The molecule has 3 aromatic rings. The van der Waals surface area contributed by atoms with Crippen molar-refractivity contribution >= 4 is 29.0 Å². The van der Waals surface area contributed by atoms with E-state index in [1.54, 1.807) is 6.07 Å². The van der Waals surface area contributed by atoms with Gasteiger partial charge in [-0.15, -0.1) is 0 Å². The Morgan fingerprint density at radius 1 is 0.861 bits per heavy atom. The number of hydrogen-bond donors (Lipinski definition) is 3. The van der Waals surface area contributed by atoms with Crippen molar-refractivity contribution in [2.75, 3.05) is 28.6 Å². The van der Waals surface area contributed by atoms with Crippen LogP contribution in [0.1, 0.15) is 65.2 Å². The smallest absolute Gasteiger partial charge is 0.323 e. The molecule has 3 amide bonds. The van der Waals surface area contributed by atoms with Gasteiger partial charge in [-0.1, -0.05) is 44.2 Å². The van der Waals surface area contributed by atoms with Crippen molar-refractivity contribution in [2.24, 2.45) is 0 Å². The van der Waals surface area contributed by atoms with Gasteiger partial charge in [-0.2, -0.15) is 0 Å². The molecule has 0 spiro atoms. The molecule has 188 valence electrons. The molecule has 0 bridgehead atoms. The number of anilines is 3. The SMILES string of the molecule is Cc1cc(C)cc(NC(=O)Nc2cc(C(=O)NCc3ccc(C(C)C)cc3)ccc2N2CCCC2)c1. The van der Waals surface area contributed by atoms with Crippen molar-refractivity contribution in [3.63, 3.8) is 0 Å². The molecule has 0 atom stereocenters. The maximum absolute atomic E-state index is 13.0. The maximum Gasteiger partial charge on any atom is 0.323 e. The fraction of sp³-hybridized carbons (Fsp3) is 0.333. The predicted molar refractivity (Wildman–Crippen MR) is 148 cm³/mol. The second-order valence-corrected chi connectivity index (χ2v) is 9.96. The molecule has 1 heterocycles. The van der Waals surface area contributed by atoms with Crippen LogP contribution in [-0.4, -0.2) is 25.0 Å². The van der Waals surface area contributed by atoms with Gasteiger partial charge in [0.1, 0.15) is 0 Å². The molecule has 1 aliphatic heterocycles. The number of benzene rings is 3. The van der Waals surface area contributed by atoms with Crippen LogP contribution in [0.25, 0.3) is 0 Å². The van der Waals surface area contributed by atoms with Crippen LogP contribution >= 0.6 is 0 Å². The lowest BCUT2D eigenvalue weighted by molar-refractivity contribution is 0.0951. The summed E-state index contributed by atoms with van der Waals surface area (Å²) in [6, 6.07) is 19.5. The first-order valence-corrected chi connectivity index (χ1v) is 12.7. The van der Waals surface area contributed by atoms with Crippen molar-refractivity contribution in [3.8, 4) is 0 Å². The minimum absolute atomic E-state index is 0.173. The first-order chi connectivity index (χ1) is 17.3. The summed E-state index contributed by atoms with van der Waals surface area (Å²) in [6.07, 6.45) is 2.23. The highest BCUT2D eigenvalue weighted by Gasteiger charge is 2.19. The van der Waals surface area contributed by atoms with E-state index >= 15 is 0 Å². The molecule has 1 aliphatic rings. The van der Waals surface area contributed by atoms with E-state index in [9.17, 15) is 9.59 Å². The standard InChI is InChI=1S/C30H36N4O2/c1-20(2)24-9-7-23(8-10-24)19-31-29(35)25-11-12-28(34-13-5-6-14-34)27(18-25)33-30(36)32-26-16-21(3)15-22(4)17-26/h7-12,15-18,20H,5-6,13-14,19H2,1-4H3,(H,31,35)(H2,32,33,36). The highest BCUT2D eigenvalue weighted by molar-refractivity contribution is 6.04. The van der Waals surface area contributed by atoms with Gasteiger partial charge in [0.15, 0.2) is 0 Å². The third kappa shape index (κ3) is 6.45. The molecule has 36 heavy (non-hydrogen) atoms. The summed E-state index contributed by atoms with van der Waals surface area (Å²) in [4.78, 5) is 28.1. The first-order valence-electron chi connectivity index (χ1n) is 12.7. The number of urea groups is 1. The fourth-order valence-electron chi connectivity index (χ4n) is 4.65. The van der Waals surface area contributed by atoms with Crippen molar-refractivity contribution in [1.82, 2.24) is 5.32 Å². The molecule has 0 radical (unpaired) electrons. The van der Waals surface area contributed by atoms with Crippen molar-refractivity contribution in [2.45, 2.75) is 53.0 Å². The van der Waals surface area contributed by atoms with Crippen LogP contribution in [0.15, 0.2) is 60.7 Å². The lowest BCUT2D eigenvalue weighted by Crippen LogP contribution is -2.26. The lowest BCUT2D eigenvalue weighted by atomic mass is 10.0. The molecular weight excluding hydrogens is 448 g/mol. The largest absolute Gasteiger partial charge is 0.370 e. The Balaban J connectivity index is 1.49. The Morgan fingerprint density at radius 2 is 1.53 bits per heavy atom. The van der Waals surface area contributed by atoms with Crippen LogP contribution in [0.3, 0.4) is 0 Å². The molecule has 0 unspecified atom stereocenters. The van der Waals surface area contributed by atoms with E-state index in [0.29, 0.717) is 23.7 Å². The Morgan fingerprint density at radius 3 is 2.17 bits per heavy atom. The Kier molecular flexibility index (Phi) is 7.93. The maximum atomic E-state index is 13.0. The van der Waals surface area contributed by atoms with Crippen molar-refractivity contribution < 1.29 is 9.59 Å². The molecule has 0 aromatic heterocycles. The number of amides is 3. The Labute approximate surface area is 214 Å². The van der Waals surface area contributed by atoms with Gasteiger partial charge in [0.25, 0.3) is 5.91 Å². The van der Waals surface area contributed by atoms with Gasteiger partial charge in [0.05, 0.1) is 11.4 Å². The Bertz CT molecular complexity index is 1210. The zero-order chi connectivity index (χ0) is 25.7. The van der Waals surface area contributed by atoms with Crippen LogP contribution in [0.4, 0.5) is 21.9 Å². The summed E-state index contributed by atoms with van der Waals surface area (Å²) in [5.74, 6) is 0.300. The molecule has 0 aliphatic carbocycles. The first kappa shape index (κ1) is 25.3. The third-order valence-corrected chi connectivity index (χ3v) is 6.53. The topological polar surface area (TPSA) is 73.5 Å². The predicted octanol–water partition coefficient (Wildman–Crippen LogP) is 6.60. The summed E-state index contributed by atoms with van der Waals surface area (Å²) in [7, 11) is 0. The van der Waals surface area contributed by atoms with Crippen molar-refractivity contribution in [3.05, 3.63) is 88.5 Å². The molecular formula is C30H36N4O2. The summed E-state index contributed by atoms with van der Waals surface area (Å²) in [6.45, 7) is 10.6. The molecule has 1 fully saturated rings. The molecule has 6 heteroatoms. The van der Waals surface area contributed by atoms with Gasteiger partial charge in [0.2, 0.25) is 0 Å². The number of nitrogens with one attached hydrogen (secondary N) is 3. The minimum Gasteiger partial charge on any atom is -0.370 e. The summed E-state index contributed by atoms with van der Waals surface area (Å²) < 4.78 is 0. The number of carbonyl (C=O) groups is 2. The highest BCUT2D eigenvalue weighted by atomic mass is 16.2. The Hall–Kier alpha value is -3.80. The van der Waals surface area contributed by atoms with Crippen LogP contribution in [-0.2, 0) is 6.54 Å². The van der Waals surface area contributed by atoms with Crippen LogP contribution < -0.4 is 20.9 Å². The number of hydrogen-bond acceptors (Lipinski definition) is 3. The molecule has 6 nitrogen and oxygen atoms in total.